The molecular formula is C10H14N2O2. The van der Waals surface area contributed by atoms with E-state index in [1.165, 1.54) is 0 Å². The molecule has 14 heavy (non-hydrogen) atoms. The molecule has 76 valence electrons. The van der Waals surface area contributed by atoms with Gasteiger partial charge in [0.05, 0.1) is 6.61 Å². The highest BCUT2D eigenvalue weighted by atomic mass is 16.6. The second-order valence-corrected chi connectivity index (χ2v) is 2.77. The molecule has 0 aromatic heterocycles. The van der Waals surface area contributed by atoms with Crippen LogP contribution in [0.5, 0.6) is 0 Å². The molecule has 0 radical (unpaired) electrons. The fraction of sp³-hybridized carbons (Fsp3) is 0.300. The first-order chi connectivity index (χ1) is 6.77. The lowest BCUT2D eigenvalue weighted by atomic mass is 10.1. The van der Waals surface area contributed by atoms with Gasteiger partial charge in [-0.1, -0.05) is 12.1 Å². The minimum absolute atomic E-state index is 0.240. The van der Waals surface area contributed by atoms with Crippen LogP contribution in [0.25, 0.3) is 0 Å². The van der Waals surface area contributed by atoms with Crippen molar-refractivity contribution in [2.24, 2.45) is 5.73 Å². The predicted octanol–water partition coefficient (Wildman–Crippen LogP) is 0.827. The quantitative estimate of drug-likeness (QED) is 0.698. The van der Waals surface area contributed by atoms with Crippen molar-refractivity contribution in [2.75, 3.05) is 6.61 Å². The third kappa shape index (κ3) is 2.83. The Morgan fingerprint density at radius 3 is 2.57 bits per heavy atom. The van der Waals surface area contributed by atoms with Gasteiger partial charge in [-0.05, 0) is 24.6 Å². The van der Waals surface area contributed by atoms with Crippen molar-refractivity contribution in [3.8, 4) is 0 Å². The van der Waals surface area contributed by atoms with Crippen LogP contribution in [0.2, 0.25) is 0 Å². The van der Waals surface area contributed by atoms with E-state index >= 15 is 0 Å². The number of carbonyl (C=O) groups is 1. The molecular weight excluding hydrogens is 180 g/mol. The van der Waals surface area contributed by atoms with E-state index in [4.69, 9.17) is 10.6 Å². The molecule has 0 unspecified atom stereocenters. The van der Waals surface area contributed by atoms with Gasteiger partial charge in [-0.2, -0.15) is 0 Å². The molecule has 0 fully saturated rings. The third-order valence-electron chi connectivity index (χ3n) is 1.76. The van der Waals surface area contributed by atoms with Gasteiger partial charge in [-0.15, -0.1) is 0 Å². The van der Waals surface area contributed by atoms with Crippen LogP contribution in [0.4, 0.5) is 0 Å². The molecule has 0 spiro atoms. The highest BCUT2D eigenvalue weighted by Crippen LogP contribution is 2.03. The van der Waals surface area contributed by atoms with E-state index in [2.05, 4.69) is 5.48 Å². The van der Waals surface area contributed by atoms with Gasteiger partial charge < -0.3 is 5.73 Å². The number of hydrogen-bond donors (Lipinski definition) is 2. The number of hydrogen-bond acceptors (Lipinski definition) is 3. The monoisotopic (exact) mass is 194 g/mol. The standard InChI is InChI=1S/C10H14N2O2/c1-2-14-12-10(13)9-5-3-8(7-11)4-6-9/h3-6H,2,7,11H2,1H3,(H,12,13). The maximum absolute atomic E-state index is 11.3. The smallest absolute Gasteiger partial charge is 0.274 e. The number of rotatable bonds is 4. The van der Waals surface area contributed by atoms with Gasteiger partial charge in [0.2, 0.25) is 0 Å². The van der Waals surface area contributed by atoms with E-state index in [-0.39, 0.29) is 5.91 Å². The normalized spacial score (nSPS) is 9.86. The molecule has 0 aliphatic heterocycles. The predicted molar refractivity (Wildman–Crippen MR) is 53.4 cm³/mol. The van der Waals surface area contributed by atoms with E-state index in [0.29, 0.717) is 18.7 Å². The summed E-state index contributed by atoms with van der Waals surface area (Å²) in [7, 11) is 0. The Bertz CT molecular complexity index is 295. The Morgan fingerprint density at radius 1 is 1.43 bits per heavy atom. The maximum Gasteiger partial charge on any atom is 0.274 e. The zero-order chi connectivity index (χ0) is 10.4. The third-order valence-corrected chi connectivity index (χ3v) is 1.76. The summed E-state index contributed by atoms with van der Waals surface area (Å²) in [6.45, 7) is 2.73. The molecule has 1 aromatic rings. The van der Waals surface area contributed by atoms with Crippen molar-refractivity contribution in [3.05, 3.63) is 35.4 Å². The van der Waals surface area contributed by atoms with E-state index in [1.54, 1.807) is 19.1 Å². The molecule has 4 heteroatoms. The Labute approximate surface area is 83.0 Å². The summed E-state index contributed by atoms with van der Waals surface area (Å²) >= 11 is 0. The summed E-state index contributed by atoms with van der Waals surface area (Å²) in [4.78, 5) is 16.1. The van der Waals surface area contributed by atoms with Gasteiger partial charge in [-0.25, -0.2) is 5.48 Å². The maximum atomic E-state index is 11.3. The van der Waals surface area contributed by atoms with Crippen LogP contribution < -0.4 is 11.2 Å². The highest BCUT2D eigenvalue weighted by molar-refractivity contribution is 5.93. The lowest BCUT2D eigenvalue weighted by molar-refractivity contribution is 0.0364. The fourth-order valence-corrected chi connectivity index (χ4v) is 0.989. The summed E-state index contributed by atoms with van der Waals surface area (Å²) in [6, 6.07) is 7.08. The number of amides is 1. The van der Waals surface area contributed by atoms with Gasteiger partial charge in [0.1, 0.15) is 0 Å². The second kappa shape index (κ2) is 5.36. The van der Waals surface area contributed by atoms with Crippen LogP contribution in [0.15, 0.2) is 24.3 Å². The van der Waals surface area contributed by atoms with Crippen LogP contribution in [0.1, 0.15) is 22.8 Å². The van der Waals surface area contributed by atoms with Gasteiger partial charge >= 0.3 is 0 Å². The number of benzene rings is 1. The van der Waals surface area contributed by atoms with E-state index < -0.39 is 0 Å². The molecule has 1 rings (SSSR count). The van der Waals surface area contributed by atoms with Crippen molar-refractivity contribution < 1.29 is 9.63 Å². The number of hydroxylamine groups is 1. The first-order valence-electron chi connectivity index (χ1n) is 4.49. The zero-order valence-electron chi connectivity index (χ0n) is 8.12. The summed E-state index contributed by atoms with van der Waals surface area (Å²) in [5, 5.41) is 0. The molecule has 1 amide bonds. The van der Waals surface area contributed by atoms with Crippen molar-refractivity contribution in [1.29, 1.82) is 0 Å². The summed E-state index contributed by atoms with van der Waals surface area (Å²) < 4.78 is 0. The number of carbonyl (C=O) groups excluding carboxylic acids is 1. The van der Waals surface area contributed by atoms with Gasteiger partial charge in [0.25, 0.3) is 5.91 Å². The average Bonchev–Trinajstić information content (AvgIpc) is 2.26. The summed E-state index contributed by atoms with van der Waals surface area (Å²) in [5.74, 6) is -0.240. The van der Waals surface area contributed by atoms with Crippen LogP contribution in [0.3, 0.4) is 0 Å². The largest absolute Gasteiger partial charge is 0.326 e. The minimum atomic E-state index is -0.240. The SMILES string of the molecule is CCONC(=O)c1ccc(CN)cc1. The first kappa shape index (κ1) is 10.7. The second-order valence-electron chi connectivity index (χ2n) is 2.77. The Morgan fingerprint density at radius 2 is 2.07 bits per heavy atom. The fourth-order valence-electron chi connectivity index (χ4n) is 0.989. The summed E-state index contributed by atoms with van der Waals surface area (Å²) in [6.07, 6.45) is 0. The van der Waals surface area contributed by atoms with Gasteiger partial charge in [0, 0.05) is 12.1 Å². The topological polar surface area (TPSA) is 64.3 Å². The number of nitrogens with two attached hydrogens (primary N) is 1. The van der Waals surface area contributed by atoms with E-state index in [1.807, 2.05) is 12.1 Å². The van der Waals surface area contributed by atoms with Crippen LogP contribution in [-0.2, 0) is 11.4 Å². The van der Waals surface area contributed by atoms with Crippen LogP contribution in [-0.4, -0.2) is 12.5 Å². The Kier molecular flexibility index (Phi) is 4.10. The van der Waals surface area contributed by atoms with E-state index in [9.17, 15) is 4.79 Å². The van der Waals surface area contributed by atoms with E-state index in [0.717, 1.165) is 5.56 Å². The molecule has 0 atom stereocenters. The molecule has 0 aliphatic carbocycles. The number of nitrogens with one attached hydrogen (secondary N) is 1. The molecule has 0 bridgehead atoms. The first-order valence-corrected chi connectivity index (χ1v) is 4.49. The van der Waals surface area contributed by atoms with Gasteiger partial charge in [0.15, 0.2) is 0 Å². The minimum Gasteiger partial charge on any atom is -0.326 e. The van der Waals surface area contributed by atoms with Crippen molar-refractivity contribution in [2.45, 2.75) is 13.5 Å². The van der Waals surface area contributed by atoms with Crippen molar-refractivity contribution in [1.82, 2.24) is 5.48 Å². The molecule has 1 aromatic carbocycles. The lowest BCUT2D eigenvalue weighted by Crippen LogP contribution is -2.23. The zero-order valence-corrected chi connectivity index (χ0v) is 8.12. The average molecular weight is 194 g/mol. The van der Waals surface area contributed by atoms with Crippen LogP contribution >= 0.6 is 0 Å². The molecule has 3 N–H and O–H groups in total. The molecule has 4 nitrogen and oxygen atoms in total. The van der Waals surface area contributed by atoms with Crippen molar-refractivity contribution in [3.63, 3.8) is 0 Å². The molecule has 0 heterocycles. The van der Waals surface area contributed by atoms with Crippen LogP contribution in [0, 0.1) is 0 Å². The molecule has 0 aliphatic rings. The lowest BCUT2D eigenvalue weighted by Gasteiger charge is -2.03. The molecule has 0 saturated carbocycles. The van der Waals surface area contributed by atoms with Gasteiger partial charge in [-0.3, -0.25) is 9.63 Å². The highest BCUT2D eigenvalue weighted by Gasteiger charge is 2.03. The Hall–Kier alpha value is -1.39. The summed E-state index contributed by atoms with van der Waals surface area (Å²) in [5.41, 5.74) is 9.31. The van der Waals surface area contributed by atoms with Crippen molar-refractivity contribution >= 4 is 5.91 Å². The molecule has 0 saturated heterocycles. The Balaban J connectivity index is 2.62.